The quantitative estimate of drug-likeness (QED) is 0.782. The second-order valence-electron chi connectivity index (χ2n) is 2.72. The normalized spacial score (nSPS) is 11.1. The second kappa shape index (κ2) is 4.13. The van der Waals surface area contributed by atoms with E-state index >= 15 is 0 Å². The number of hydrogen-bond acceptors (Lipinski definition) is 2. The van der Waals surface area contributed by atoms with Gasteiger partial charge in [-0.05, 0) is 33.8 Å². The first-order chi connectivity index (χ1) is 6.72. The van der Waals surface area contributed by atoms with Gasteiger partial charge in [-0.1, -0.05) is 18.5 Å². The summed E-state index contributed by atoms with van der Waals surface area (Å²) in [5, 5.41) is 1.58. The maximum absolute atomic E-state index is 6.03. The van der Waals surface area contributed by atoms with E-state index in [1.807, 2.05) is 22.7 Å². The van der Waals surface area contributed by atoms with E-state index in [1.165, 1.54) is 0 Å². The standard InChI is InChI=1S/C9H8BrClN2S/c1-2-14-9-8(11)12-7-4-3-6(10)5-13(7)9/h3-5H,2H2,1H3. The van der Waals surface area contributed by atoms with Crippen molar-refractivity contribution in [3.05, 3.63) is 28.0 Å². The van der Waals surface area contributed by atoms with E-state index in [0.29, 0.717) is 5.15 Å². The maximum Gasteiger partial charge on any atom is 0.162 e. The van der Waals surface area contributed by atoms with Crippen LogP contribution in [0.15, 0.2) is 27.8 Å². The van der Waals surface area contributed by atoms with E-state index in [0.717, 1.165) is 20.9 Å². The van der Waals surface area contributed by atoms with Gasteiger partial charge in [0.1, 0.15) is 10.7 Å². The van der Waals surface area contributed by atoms with E-state index < -0.39 is 0 Å². The Kier molecular flexibility index (Phi) is 3.04. The van der Waals surface area contributed by atoms with E-state index in [-0.39, 0.29) is 0 Å². The zero-order chi connectivity index (χ0) is 10.1. The third kappa shape index (κ3) is 1.78. The molecule has 2 aromatic rings. The van der Waals surface area contributed by atoms with Gasteiger partial charge in [-0.2, -0.15) is 0 Å². The van der Waals surface area contributed by atoms with E-state index in [9.17, 15) is 0 Å². The van der Waals surface area contributed by atoms with Crippen molar-refractivity contribution in [2.75, 3.05) is 5.75 Å². The minimum atomic E-state index is 0.579. The van der Waals surface area contributed by atoms with Crippen LogP contribution in [0.3, 0.4) is 0 Å². The smallest absolute Gasteiger partial charge is 0.162 e. The van der Waals surface area contributed by atoms with Gasteiger partial charge in [-0.3, -0.25) is 4.40 Å². The topological polar surface area (TPSA) is 17.3 Å². The van der Waals surface area contributed by atoms with Gasteiger partial charge < -0.3 is 0 Å². The van der Waals surface area contributed by atoms with Crippen LogP contribution in [-0.4, -0.2) is 15.1 Å². The summed E-state index contributed by atoms with van der Waals surface area (Å²) >= 11 is 11.2. The molecule has 0 aliphatic carbocycles. The van der Waals surface area contributed by atoms with Crippen molar-refractivity contribution < 1.29 is 0 Å². The van der Waals surface area contributed by atoms with Gasteiger partial charge in [0, 0.05) is 10.7 Å². The van der Waals surface area contributed by atoms with Crippen LogP contribution in [0.1, 0.15) is 6.92 Å². The number of hydrogen-bond donors (Lipinski definition) is 0. The molecule has 0 atom stereocenters. The molecule has 0 saturated heterocycles. The molecule has 0 N–H and O–H groups in total. The van der Waals surface area contributed by atoms with Crippen molar-refractivity contribution >= 4 is 44.9 Å². The van der Waals surface area contributed by atoms with E-state index in [4.69, 9.17) is 11.6 Å². The monoisotopic (exact) mass is 290 g/mol. The first kappa shape index (κ1) is 10.3. The molecule has 0 amide bonds. The fourth-order valence-corrected chi connectivity index (χ4v) is 2.64. The summed E-state index contributed by atoms with van der Waals surface area (Å²) in [6.45, 7) is 2.10. The summed E-state index contributed by atoms with van der Waals surface area (Å²) in [5.74, 6) is 0.986. The molecule has 0 aliphatic heterocycles. The van der Waals surface area contributed by atoms with Crippen molar-refractivity contribution in [2.24, 2.45) is 0 Å². The van der Waals surface area contributed by atoms with Crippen LogP contribution in [0.4, 0.5) is 0 Å². The Labute approximate surface area is 99.8 Å². The predicted octanol–water partition coefficient (Wildman–Crippen LogP) is 3.86. The number of aromatic nitrogens is 2. The summed E-state index contributed by atoms with van der Waals surface area (Å²) in [6, 6.07) is 3.90. The van der Waals surface area contributed by atoms with Crippen molar-refractivity contribution in [3.63, 3.8) is 0 Å². The highest BCUT2D eigenvalue weighted by atomic mass is 79.9. The SMILES string of the molecule is CCSc1c(Cl)nc2ccc(Br)cn12. The van der Waals surface area contributed by atoms with Gasteiger partial charge in [0.25, 0.3) is 0 Å². The zero-order valence-electron chi connectivity index (χ0n) is 7.50. The highest BCUT2D eigenvalue weighted by Crippen LogP contribution is 2.28. The van der Waals surface area contributed by atoms with Crippen LogP contribution in [0, 0.1) is 0 Å². The summed E-state index contributed by atoms with van der Waals surface area (Å²) < 4.78 is 3.03. The molecule has 0 fully saturated rings. The zero-order valence-corrected chi connectivity index (χ0v) is 10.7. The van der Waals surface area contributed by atoms with Crippen LogP contribution in [-0.2, 0) is 0 Å². The third-order valence-corrected chi connectivity index (χ3v) is 3.58. The predicted molar refractivity (Wildman–Crippen MR) is 64.3 cm³/mol. The van der Waals surface area contributed by atoms with Gasteiger partial charge in [-0.25, -0.2) is 4.98 Å². The Morgan fingerprint density at radius 2 is 2.36 bits per heavy atom. The van der Waals surface area contributed by atoms with Crippen LogP contribution >= 0.6 is 39.3 Å². The summed E-state index contributed by atoms with van der Waals surface area (Å²) in [5.41, 5.74) is 0.883. The molecule has 5 heteroatoms. The van der Waals surface area contributed by atoms with Crippen molar-refractivity contribution in [1.29, 1.82) is 0 Å². The van der Waals surface area contributed by atoms with Crippen molar-refractivity contribution in [3.8, 4) is 0 Å². The van der Waals surface area contributed by atoms with Gasteiger partial charge in [0.2, 0.25) is 0 Å². The van der Waals surface area contributed by atoms with E-state index in [1.54, 1.807) is 11.8 Å². The number of halogens is 2. The van der Waals surface area contributed by atoms with Crippen LogP contribution in [0.5, 0.6) is 0 Å². The molecule has 0 spiro atoms. The highest BCUT2D eigenvalue weighted by Gasteiger charge is 2.09. The van der Waals surface area contributed by atoms with E-state index in [2.05, 4.69) is 27.8 Å². The molecule has 0 radical (unpaired) electrons. The molecule has 74 valence electrons. The summed E-state index contributed by atoms with van der Waals surface area (Å²) in [6.07, 6.45) is 1.98. The second-order valence-corrected chi connectivity index (χ2v) is 5.24. The van der Waals surface area contributed by atoms with Gasteiger partial charge >= 0.3 is 0 Å². The van der Waals surface area contributed by atoms with Crippen LogP contribution in [0.25, 0.3) is 5.65 Å². The molecule has 2 rings (SSSR count). The molecule has 0 saturated carbocycles. The molecular formula is C9H8BrClN2S. The summed E-state index contributed by atoms with van der Waals surface area (Å²) in [4.78, 5) is 4.26. The Bertz CT molecular complexity index is 469. The molecule has 0 unspecified atom stereocenters. The average Bonchev–Trinajstić information content (AvgIpc) is 2.45. The van der Waals surface area contributed by atoms with Crippen LogP contribution < -0.4 is 0 Å². The number of nitrogens with zero attached hydrogens (tertiary/aromatic N) is 2. The lowest BCUT2D eigenvalue weighted by Crippen LogP contribution is -1.86. The largest absolute Gasteiger partial charge is 0.292 e. The molecule has 14 heavy (non-hydrogen) atoms. The Morgan fingerprint density at radius 1 is 1.57 bits per heavy atom. The molecule has 2 heterocycles. The molecule has 2 nitrogen and oxygen atoms in total. The van der Waals surface area contributed by atoms with Crippen molar-refractivity contribution in [2.45, 2.75) is 11.9 Å². The summed E-state index contributed by atoms with van der Waals surface area (Å²) in [7, 11) is 0. The van der Waals surface area contributed by atoms with Crippen LogP contribution in [0.2, 0.25) is 5.15 Å². The Morgan fingerprint density at radius 3 is 3.07 bits per heavy atom. The lowest BCUT2D eigenvalue weighted by Gasteiger charge is -1.99. The Balaban J connectivity index is 2.66. The number of pyridine rings is 1. The molecule has 0 aromatic carbocycles. The number of fused-ring (bicyclic) bond motifs is 1. The van der Waals surface area contributed by atoms with Crippen molar-refractivity contribution in [1.82, 2.24) is 9.38 Å². The molecular weight excluding hydrogens is 284 g/mol. The molecule has 0 bridgehead atoms. The fraction of sp³-hybridized carbons (Fsp3) is 0.222. The fourth-order valence-electron chi connectivity index (χ4n) is 1.23. The highest BCUT2D eigenvalue weighted by molar-refractivity contribution is 9.10. The minimum absolute atomic E-state index is 0.579. The average molecular weight is 292 g/mol. The third-order valence-electron chi connectivity index (χ3n) is 1.78. The first-order valence-corrected chi connectivity index (χ1v) is 6.34. The Hall–Kier alpha value is -0.190. The number of rotatable bonds is 2. The van der Waals surface area contributed by atoms with Gasteiger partial charge in [0.15, 0.2) is 5.15 Å². The number of thioether (sulfide) groups is 1. The number of imidazole rings is 1. The molecule has 0 aliphatic rings. The lowest BCUT2D eigenvalue weighted by molar-refractivity contribution is 1.04. The first-order valence-electron chi connectivity index (χ1n) is 4.18. The molecule has 2 aromatic heterocycles. The maximum atomic E-state index is 6.03. The lowest BCUT2D eigenvalue weighted by atomic mass is 10.5. The minimum Gasteiger partial charge on any atom is -0.292 e. The van der Waals surface area contributed by atoms with Gasteiger partial charge in [0.05, 0.1) is 0 Å². The van der Waals surface area contributed by atoms with Gasteiger partial charge in [-0.15, -0.1) is 11.8 Å².